The van der Waals surface area contributed by atoms with E-state index in [2.05, 4.69) is 0 Å². The van der Waals surface area contributed by atoms with E-state index in [1.54, 1.807) is 0 Å². The first-order valence-corrected chi connectivity index (χ1v) is 9.25. The molecule has 1 amide bonds. The normalized spacial score (nSPS) is 19.0. The number of hydrogen-bond acceptors (Lipinski definition) is 3. The molecule has 0 saturated carbocycles. The van der Waals surface area contributed by atoms with Gasteiger partial charge < -0.3 is 5.32 Å². The van der Waals surface area contributed by atoms with Crippen molar-refractivity contribution < 1.29 is 30.8 Å². The molecule has 0 saturated heterocycles. The van der Waals surface area contributed by atoms with Crippen molar-refractivity contribution in [3.8, 4) is 0 Å². The molecule has 0 spiro atoms. The summed E-state index contributed by atoms with van der Waals surface area (Å²) in [6, 6.07) is 2.29. The molecule has 0 bridgehead atoms. The van der Waals surface area contributed by atoms with E-state index in [1.807, 2.05) is 5.32 Å². The van der Waals surface area contributed by atoms with Gasteiger partial charge in [0.1, 0.15) is 10.7 Å². The van der Waals surface area contributed by atoms with Gasteiger partial charge in [-0.25, -0.2) is 12.8 Å². The fraction of sp³-hybridized carbons (Fsp3) is 0.312. The Kier molecular flexibility index (Phi) is 5.82. The van der Waals surface area contributed by atoms with Crippen molar-refractivity contribution in [3.63, 3.8) is 0 Å². The zero-order valence-corrected chi connectivity index (χ0v) is 14.9. The van der Waals surface area contributed by atoms with Gasteiger partial charge in [0.15, 0.2) is 0 Å². The van der Waals surface area contributed by atoms with Crippen LogP contribution in [0.1, 0.15) is 13.3 Å². The van der Waals surface area contributed by atoms with Gasteiger partial charge in [-0.05, 0) is 37.6 Å². The third-order valence-corrected chi connectivity index (χ3v) is 5.92. The fourth-order valence-electron chi connectivity index (χ4n) is 2.40. The van der Waals surface area contributed by atoms with Crippen LogP contribution in [0.25, 0.3) is 0 Å². The minimum absolute atomic E-state index is 0.0453. The molecule has 142 valence electrons. The third kappa shape index (κ3) is 4.45. The predicted octanol–water partition coefficient (Wildman–Crippen LogP) is 3.78. The van der Waals surface area contributed by atoms with Crippen molar-refractivity contribution in [1.82, 2.24) is 5.32 Å². The van der Waals surface area contributed by atoms with E-state index in [0.29, 0.717) is 0 Å². The van der Waals surface area contributed by atoms with E-state index in [1.165, 1.54) is 31.2 Å². The molecule has 0 fully saturated rings. The molecule has 0 radical (unpaired) electrons. The highest BCUT2D eigenvalue weighted by atomic mass is 35.5. The van der Waals surface area contributed by atoms with Crippen molar-refractivity contribution in [2.75, 3.05) is 0 Å². The zero-order valence-electron chi connectivity index (χ0n) is 13.3. The third-order valence-electron chi connectivity index (χ3n) is 3.85. The average molecular weight is 412 g/mol. The van der Waals surface area contributed by atoms with Crippen molar-refractivity contribution >= 4 is 27.3 Å². The Morgan fingerprint density at radius 2 is 2.00 bits per heavy atom. The smallest absolute Gasteiger partial charge is 0.345 e. The topological polar surface area (TPSA) is 63.2 Å². The number of rotatable bonds is 4. The lowest BCUT2D eigenvalue weighted by Gasteiger charge is -2.24. The maximum absolute atomic E-state index is 13.9. The SMILES string of the molecule is C[C@H](NC(=O)C(F)(F)F)C1C=CC(S(=O)(=O)c2ccc(Cl)cc2F)=CC1. The van der Waals surface area contributed by atoms with Crippen LogP contribution >= 0.6 is 11.6 Å². The van der Waals surface area contributed by atoms with Crippen LogP contribution in [0.5, 0.6) is 0 Å². The standard InChI is InChI=1S/C16H14ClF4NO3S/c1-9(22-15(23)16(19,20)21)10-2-5-12(6-3-10)26(24,25)14-7-4-11(17)8-13(14)18/h2,4-10H,3H2,1H3,(H,22,23)/t9-,10?/m0/s1. The summed E-state index contributed by atoms with van der Waals surface area (Å²) in [6.45, 7) is 1.38. The molecule has 0 aromatic heterocycles. The Bertz CT molecular complexity index is 878. The summed E-state index contributed by atoms with van der Waals surface area (Å²) in [5.41, 5.74) is 0. The second kappa shape index (κ2) is 7.40. The summed E-state index contributed by atoms with van der Waals surface area (Å²) in [7, 11) is -4.13. The number of halogens is 5. The van der Waals surface area contributed by atoms with Crippen LogP contribution in [0.3, 0.4) is 0 Å². The maximum atomic E-state index is 13.9. The average Bonchev–Trinajstić information content (AvgIpc) is 2.53. The molecule has 1 aliphatic rings. The molecule has 0 aliphatic heterocycles. The quantitative estimate of drug-likeness (QED) is 0.767. The first-order valence-electron chi connectivity index (χ1n) is 7.39. The molecular weight excluding hydrogens is 398 g/mol. The summed E-state index contributed by atoms with van der Waals surface area (Å²) in [4.78, 5) is 10.2. The van der Waals surface area contributed by atoms with Gasteiger partial charge in [0.2, 0.25) is 9.84 Å². The fourth-order valence-corrected chi connectivity index (χ4v) is 3.95. The Balaban J connectivity index is 2.14. The number of carbonyl (C=O) groups is 1. The van der Waals surface area contributed by atoms with E-state index in [0.717, 1.165) is 12.1 Å². The minimum Gasteiger partial charge on any atom is -0.345 e. The van der Waals surface area contributed by atoms with Crippen LogP contribution in [-0.4, -0.2) is 26.5 Å². The van der Waals surface area contributed by atoms with Crippen molar-refractivity contribution in [1.29, 1.82) is 0 Å². The Labute approximate surface area is 152 Å². The number of hydrogen-bond donors (Lipinski definition) is 1. The molecule has 1 aromatic carbocycles. The van der Waals surface area contributed by atoms with Crippen LogP contribution < -0.4 is 5.32 Å². The summed E-state index contributed by atoms with van der Waals surface area (Å²) >= 11 is 5.60. The van der Waals surface area contributed by atoms with E-state index >= 15 is 0 Å². The van der Waals surface area contributed by atoms with Crippen LogP contribution in [0, 0.1) is 11.7 Å². The molecular formula is C16H14ClF4NO3S. The Hall–Kier alpha value is -1.87. The molecule has 10 heteroatoms. The van der Waals surface area contributed by atoms with Gasteiger partial charge >= 0.3 is 12.1 Å². The highest BCUT2D eigenvalue weighted by Gasteiger charge is 2.40. The van der Waals surface area contributed by atoms with Crippen LogP contribution in [0.4, 0.5) is 17.6 Å². The molecule has 0 heterocycles. The number of allylic oxidation sites excluding steroid dienone is 2. The minimum atomic E-state index is -5.00. The Morgan fingerprint density at radius 3 is 2.50 bits per heavy atom. The van der Waals surface area contributed by atoms with Crippen molar-refractivity contribution in [3.05, 3.63) is 52.2 Å². The lowest BCUT2D eigenvalue weighted by atomic mass is 9.94. The number of nitrogens with one attached hydrogen (secondary N) is 1. The number of amides is 1. The highest BCUT2D eigenvalue weighted by molar-refractivity contribution is 7.95. The molecule has 1 N–H and O–H groups in total. The first kappa shape index (κ1) is 20.4. The van der Waals surface area contributed by atoms with Gasteiger partial charge in [0.25, 0.3) is 0 Å². The number of carbonyl (C=O) groups excluding carboxylic acids is 1. The van der Waals surface area contributed by atoms with Gasteiger partial charge in [-0.3, -0.25) is 4.79 Å². The van der Waals surface area contributed by atoms with Gasteiger partial charge in [-0.1, -0.05) is 23.8 Å². The van der Waals surface area contributed by atoms with E-state index in [-0.39, 0.29) is 16.3 Å². The zero-order chi connectivity index (χ0) is 19.7. The van der Waals surface area contributed by atoms with E-state index in [4.69, 9.17) is 11.6 Å². The van der Waals surface area contributed by atoms with Crippen LogP contribution in [-0.2, 0) is 14.6 Å². The monoisotopic (exact) mass is 411 g/mol. The molecule has 2 rings (SSSR count). The van der Waals surface area contributed by atoms with Crippen molar-refractivity contribution in [2.24, 2.45) is 5.92 Å². The van der Waals surface area contributed by atoms with E-state index < -0.39 is 44.6 Å². The predicted molar refractivity (Wildman–Crippen MR) is 87.6 cm³/mol. The van der Waals surface area contributed by atoms with Gasteiger partial charge in [0, 0.05) is 17.0 Å². The van der Waals surface area contributed by atoms with Crippen LogP contribution in [0.2, 0.25) is 5.02 Å². The number of sulfone groups is 1. The second-order valence-electron chi connectivity index (χ2n) is 5.70. The summed E-state index contributed by atoms with van der Waals surface area (Å²) in [5.74, 6) is -3.60. The summed E-state index contributed by atoms with van der Waals surface area (Å²) < 4.78 is 75.7. The second-order valence-corrected chi connectivity index (χ2v) is 8.06. The molecule has 1 aliphatic carbocycles. The summed E-state index contributed by atoms with van der Waals surface area (Å²) in [6.07, 6.45) is -1.08. The largest absolute Gasteiger partial charge is 0.471 e. The van der Waals surface area contributed by atoms with Gasteiger partial charge in [-0.15, -0.1) is 0 Å². The molecule has 26 heavy (non-hydrogen) atoms. The maximum Gasteiger partial charge on any atom is 0.471 e. The molecule has 1 aromatic rings. The highest BCUT2D eigenvalue weighted by Crippen LogP contribution is 2.30. The Morgan fingerprint density at radius 1 is 1.35 bits per heavy atom. The number of alkyl halides is 3. The summed E-state index contributed by atoms with van der Waals surface area (Å²) in [5, 5.41) is 1.87. The first-order chi connectivity index (χ1) is 11.9. The molecule has 1 unspecified atom stereocenters. The lowest BCUT2D eigenvalue weighted by molar-refractivity contribution is -0.174. The van der Waals surface area contributed by atoms with Crippen molar-refractivity contribution in [2.45, 2.75) is 30.5 Å². The van der Waals surface area contributed by atoms with E-state index in [9.17, 15) is 30.8 Å². The molecule has 4 nitrogen and oxygen atoms in total. The molecule has 2 atom stereocenters. The van der Waals surface area contributed by atoms with Gasteiger partial charge in [-0.2, -0.15) is 13.2 Å². The number of benzene rings is 1. The van der Waals surface area contributed by atoms with Gasteiger partial charge in [0.05, 0.1) is 4.91 Å². The lowest BCUT2D eigenvalue weighted by Crippen LogP contribution is -2.44. The van der Waals surface area contributed by atoms with Crippen LogP contribution in [0.15, 0.2) is 46.2 Å².